The lowest BCUT2D eigenvalue weighted by molar-refractivity contribution is -0.137. The molecule has 1 aliphatic heterocycles. The van der Waals surface area contributed by atoms with Gasteiger partial charge in [0.1, 0.15) is 0 Å². The molecule has 6 nitrogen and oxygen atoms in total. The van der Waals surface area contributed by atoms with Crippen LogP contribution in [0, 0.1) is 13.8 Å². The minimum absolute atomic E-state index is 0.195. The van der Waals surface area contributed by atoms with E-state index in [2.05, 4.69) is 10.5 Å². The van der Waals surface area contributed by atoms with Crippen molar-refractivity contribution >= 4 is 12.1 Å². The lowest BCUT2D eigenvalue weighted by Crippen LogP contribution is -2.20. The first-order chi connectivity index (χ1) is 15.2. The highest BCUT2D eigenvalue weighted by molar-refractivity contribution is 5.85. The number of hydrogen-bond acceptors (Lipinski definition) is 4. The summed E-state index contributed by atoms with van der Waals surface area (Å²) in [4.78, 5) is 12.1. The van der Waals surface area contributed by atoms with Crippen LogP contribution in [0.5, 0.6) is 11.5 Å². The van der Waals surface area contributed by atoms with Crippen molar-refractivity contribution < 1.29 is 27.4 Å². The normalized spacial score (nSPS) is 13.0. The Bertz CT molecular complexity index is 1200. The summed E-state index contributed by atoms with van der Waals surface area (Å²) in [6.45, 7) is 4.06. The van der Waals surface area contributed by atoms with Crippen molar-refractivity contribution in [1.82, 2.24) is 9.99 Å². The topological polar surface area (TPSA) is 64.9 Å². The molecule has 0 spiro atoms. The van der Waals surface area contributed by atoms with E-state index in [1.807, 2.05) is 42.7 Å². The Labute approximate surface area is 182 Å². The van der Waals surface area contributed by atoms with Gasteiger partial charge in [0.15, 0.2) is 11.5 Å². The number of carbonyl (C=O) groups is 1. The lowest BCUT2D eigenvalue weighted by Gasteiger charge is -2.10. The van der Waals surface area contributed by atoms with Crippen LogP contribution in [0.1, 0.15) is 28.1 Å². The predicted molar refractivity (Wildman–Crippen MR) is 112 cm³/mol. The first-order valence-electron chi connectivity index (χ1n) is 9.79. The summed E-state index contributed by atoms with van der Waals surface area (Å²) in [5.41, 5.74) is 5.39. The fourth-order valence-electron chi connectivity index (χ4n) is 3.60. The Morgan fingerprint density at radius 1 is 1.12 bits per heavy atom. The molecular formula is C23H20F3N3O3. The molecule has 3 aromatic rings. The molecule has 32 heavy (non-hydrogen) atoms. The molecule has 9 heteroatoms. The molecule has 2 aromatic carbocycles. The monoisotopic (exact) mass is 443 g/mol. The molecule has 0 unspecified atom stereocenters. The second kappa shape index (κ2) is 8.41. The van der Waals surface area contributed by atoms with Crippen LogP contribution in [0.4, 0.5) is 13.2 Å². The Kier molecular flexibility index (Phi) is 5.65. The maximum atomic E-state index is 12.8. The smallest absolute Gasteiger partial charge is 0.416 e. The van der Waals surface area contributed by atoms with Gasteiger partial charge >= 0.3 is 6.18 Å². The van der Waals surface area contributed by atoms with E-state index >= 15 is 0 Å². The van der Waals surface area contributed by atoms with Crippen LogP contribution in [-0.4, -0.2) is 23.5 Å². The maximum Gasteiger partial charge on any atom is 0.416 e. The standard InChI is InChI=1S/C23H20F3N3O3/c1-14-8-17(15(2)29(14)19-6-7-20-21(11-19)32-13-31-20)12-27-28-22(30)10-16-4-3-5-18(9-16)23(24,25)26/h3-9,11-12H,10,13H2,1-2H3,(H,28,30)/b27-12-. The first-order valence-corrected chi connectivity index (χ1v) is 9.79. The van der Waals surface area contributed by atoms with E-state index < -0.39 is 17.6 Å². The molecule has 0 saturated carbocycles. The summed E-state index contributed by atoms with van der Waals surface area (Å²) in [6, 6.07) is 12.3. The third-order valence-corrected chi connectivity index (χ3v) is 5.10. The zero-order valence-corrected chi connectivity index (χ0v) is 17.4. The number of nitrogens with zero attached hydrogens (tertiary/aromatic N) is 2. The van der Waals surface area contributed by atoms with Crippen LogP contribution in [0.2, 0.25) is 0 Å². The number of alkyl halides is 3. The number of carbonyl (C=O) groups excluding carboxylic acids is 1. The van der Waals surface area contributed by atoms with Gasteiger partial charge in [0.25, 0.3) is 0 Å². The summed E-state index contributed by atoms with van der Waals surface area (Å²) >= 11 is 0. The summed E-state index contributed by atoms with van der Waals surface area (Å²) in [5, 5.41) is 3.97. The highest BCUT2D eigenvalue weighted by atomic mass is 19.4. The van der Waals surface area contributed by atoms with Crippen molar-refractivity contribution in [3.8, 4) is 17.2 Å². The van der Waals surface area contributed by atoms with Gasteiger partial charge in [0.05, 0.1) is 18.2 Å². The van der Waals surface area contributed by atoms with Crippen molar-refractivity contribution in [3.63, 3.8) is 0 Å². The van der Waals surface area contributed by atoms with Gasteiger partial charge in [-0.25, -0.2) is 5.43 Å². The molecule has 0 saturated heterocycles. The van der Waals surface area contributed by atoms with Crippen LogP contribution >= 0.6 is 0 Å². The number of hydrogen-bond donors (Lipinski definition) is 1. The molecule has 1 N–H and O–H groups in total. The number of halogens is 3. The maximum absolute atomic E-state index is 12.8. The summed E-state index contributed by atoms with van der Waals surface area (Å²) in [5.74, 6) is 0.860. The van der Waals surface area contributed by atoms with Crippen molar-refractivity contribution in [1.29, 1.82) is 0 Å². The Morgan fingerprint density at radius 2 is 1.91 bits per heavy atom. The van der Waals surface area contributed by atoms with E-state index in [1.165, 1.54) is 18.3 Å². The predicted octanol–water partition coefficient (Wildman–Crippen LogP) is 4.53. The third-order valence-electron chi connectivity index (χ3n) is 5.10. The first kappa shape index (κ1) is 21.5. The number of nitrogens with one attached hydrogen (secondary N) is 1. The minimum Gasteiger partial charge on any atom is -0.454 e. The molecule has 1 aromatic heterocycles. The number of fused-ring (bicyclic) bond motifs is 1. The molecule has 2 heterocycles. The number of ether oxygens (including phenoxy) is 2. The van der Waals surface area contributed by atoms with Crippen molar-refractivity contribution in [2.24, 2.45) is 5.10 Å². The van der Waals surface area contributed by atoms with Crippen LogP contribution in [0.25, 0.3) is 5.69 Å². The largest absolute Gasteiger partial charge is 0.454 e. The molecule has 0 bridgehead atoms. The summed E-state index contributed by atoms with van der Waals surface area (Å²) in [6.07, 6.45) is -3.15. The average molecular weight is 443 g/mol. The SMILES string of the molecule is Cc1cc(/C=N\NC(=O)Cc2cccc(C(F)(F)F)c2)c(C)n1-c1ccc2c(c1)OCO2. The van der Waals surface area contributed by atoms with Gasteiger partial charge in [-0.05, 0) is 43.7 Å². The number of hydrazone groups is 1. The van der Waals surface area contributed by atoms with E-state index in [9.17, 15) is 18.0 Å². The molecule has 4 rings (SSSR count). The van der Waals surface area contributed by atoms with Gasteiger partial charge in [0, 0.05) is 28.7 Å². The summed E-state index contributed by atoms with van der Waals surface area (Å²) < 4.78 is 51.3. The van der Waals surface area contributed by atoms with Crippen LogP contribution in [-0.2, 0) is 17.4 Å². The number of benzene rings is 2. The van der Waals surface area contributed by atoms with Crippen LogP contribution in [0.3, 0.4) is 0 Å². The van der Waals surface area contributed by atoms with Crippen molar-refractivity contribution in [2.75, 3.05) is 6.79 Å². The quantitative estimate of drug-likeness (QED) is 0.465. The van der Waals surface area contributed by atoms with Gasteiger partial charge in [-0.1, -0.05) is 18.2 Å². The van der Waals surface area contributed by atoms with Crippen molar-refractivity contribution in [2.45, 2.75) is 26.4 Å². The minimum atomic E-state index is -4.45. The molecule has 1 amide bonds. The van der Waals surface area contributed by atoms with Gasteiger partial charge in [-0.15, -0.1) is 0 Å². The second-order valence-corrected chi connectivity index (χ2v) is 7.37. The highest BCUT2D eigenvalue weighted by Crippen LogP contribution is 2.34. The third kappa shape index (κ3) is 4.46. The van der Waals surface area contributed by atoms with Gasteiger partial charge in [0.2, 0.25) is 12.7 Å². The number of rotatable bonds is 5. The molecule has 0 radical (unpaired) electrons. The lowest BCUT2D eigenvalue weighted by atomic mass is 10.1. The van der Waals surface area contributed by atoms with Crippen LogP contribution in [0.15, 0.2) is 53.6 Å². The van der Waals surface area contributed by atoms with Gasteiger partial charge < -0.3 is 14.0 Å². The van der Waals surface area contributed by atoms with E-state index in [1.54, 1.807) is 0 Å². The molecule has 0 atom stereocenters. The Hall–Kier alpha value is -3.75. The fourth-order valence-corrected chi connectivity index (χ4v) is 3.60. The number of amides is 1. The molecular weight excluding hydrogens is 423 g/mol. The second-order valence-electron chi connectivity index (χ2n) is 7.37. The fraction of sp³-hybridized carbons (Fsp3) is 0.217. The van der Waals surface area contributed by atoms with E-state index in [-0.39, 0.29) is 18.8 Å². The zero-order valence-electron chi connectivity index (χ0n) is 17.4. The van der Waals surface area contributed by atoms with E-state index in [0.717, 1.165) is 34.8 Å². The Morgan fingerprint density at radius 3 is 2.69 bits per heavy atom. The molecule has 0 fully saturated rings. The summed E-state index contributed by atoms with van der Waals surface area (Å²) in [7, 11) is 0. The molecule has 1 aliphatic rings. The molecule has 166 valence electrons. The van der Waals surface area contributed by atoms with Crippen molar-refractivity contribution in [3.05, 3.63) is 76.6 Å². The highest BCUT2D eigenvalue weighted by Gasteiger charge is 2.30. The Balaban J connectivity index is 1.44. The van der Waals surface area contributed by atoms with Gasteiger partial charge in [-0.3, -0.25) is 4.79 Å². The van der Waals surface area contributed by atoms with E-state index in [4.69, 9.17) is 9.47 Å². The van der Waals surface area contributed by atoms with Gasteiger partial charge in [-0.2, -0.15) is 18.3 Å². The zero-order chi connectivity index (χ0) is 22.9. The van der Waals surface area contributed by atoms with Crippen LogP contribution < -0.4 is 14.9 Å². The molecule has 0 aliphatic carbocycles. The average Bonchev–Trinajstić information content (AvgIpc) is 3.31. The number of aromatic nitrogens is 1. The number of aryl methyl sites for hydroxylation is 1. The van der Waals surface area contributed by atoms with E-state index in [0.29, 0.717) is 11.5 Å².